The van der Waals surface area contributed by atoms with E-state index in [1.54, 1.807) is 0 Å². The second kappa shape index (κ2) is 7.07. The molecule has 1 aromatic carbocycles. The Morgan fingerprint density at radius 1 is 1.36 bits per heavy atom. The molecular formula is C16H22N2O3S. The summed E-state index contributed by atoms with van der Waals surface area (Å²) in [5, 5.41) is 0. The van der Waals surface area contributed by atoms with Gasteiger partial charge in [-0.2, -0.15) is 0 Å². The number of hydrogen-bond donors (Lipinski definition) is 1. The average molecular weight is 322 g/mol. The number of amides is 1. The van der Waals surface area contributed by atoms with Crippen LogP contribution in [0.3, 0.4) is 0 Å². The molecule has 1 aliphatic rings. The van der Waals surface area contributed by atoms with Gasteiger partial charge in [-0.05, 0) is 30.0 Å². The lowest BCUT2D eigenvalue weighted by molar-refractivity contribution is -0.118. The number of rotatable bonds is 7. The average Bonchev–Trinajstić information content (AvgIpc) is 2.48. The van der Waals surface area contributed by atoms with Gasteiger partial charge in [0.25, 0.3) is 0 Å². The number of benzene rings is 1. The molecular weight excluding hydrogens is 300 g/mol. The fourth-order valence-corrected chi connectivity index (χ4v) is 3.41. The topological polar surface area (TPSA) is 66.5 Å². The zero-order chi connectivity index (χ0) is 16.2. The van der Waals surface area contributed by atoms with Crippen LogP contribution in [0, 0.1) is 0 Å². The van der Waals surface area contributed by atoms with E-state index in [0.29, 0.717) is 12.8 Å². The second-order valence-electron chi connectivity index (χ2n) is 5.40. The van der Waals surface area contributed by atoms with E-state index in [1.807, 2.05) is 30.0 Å². The molecule has 1 amide bonds. The molecule has 0 fully saturated rings. The predicted molar refractivity (Wildman–Crippen MR) is 88.2 cm³/mol. The van der Waals surface area contributed by atoms with Gasteiger partial charge in [0.05, 0.1) is 5.75 Å². The van der Waals surface area contributed by atoms with Gasteiger partial charge in [-0.25, -0.2) is 13.1 Å². The maximum absolute atomic E-state index is 12.0. The van der Waals surface area contributed by atoms with Gasteiger partial charge in [0.1, 0.15) is 0 Å². The Balaban J connectivity index is 2.15. The van der Waals surface area contributed by atoms with Crippen LogP contribution >= 0.6 is 0 Å². The van der Waals surface area contributed by atoms with Crippen molar-refractivity contribution < 1.29 is 13.2 Å². The second-order valence-corrected chi connectivity index (χ2v) is 7.25. The van der Waals surface area contributed by atoms with E-state index in [0.717, 1.165) is 29.8 Å². The number of carbonyl (C=O) groups excluding carboxylic acids is 1. The van der Waals surface area contributed by atoms with Crippen LogP contribution in [-0.4, -0.2) is 26.6 Å². The van der Waals surface area contributed by atoms with E-state index in [9.17, 15) is 13.2 Å². The number of nitrogens with one attached hydrogen (secondary N) is 1. The van der Waals surface area contributed by atoms with Crippen molar-refractivity contribution >= 4 is 21.6 Å². The highest BCUT2D eigenvalue weighted by Gasteiger charge is 2.23. The number of carbonyl (C=O) groups is 1. The van der Waals surface area contributed by atoms with Crippen molar-refractivity contribution in [3.63, 3.8) is 0 Å². The van der Waals surface area contributed by atoms with Crippen molar-refractivity contribution in [1.29, 1.82) is 0 Å². The van der Waals surface area contributed by atoms with Crippen LogP contribution in [0.15, 0.2) is 30.9 Å². The molecule has 22 heavy (non-hydrogen) atoms. The monoisotopic (exact) mass is 322 g/mol. The van der Waals surface area contributed by atoms with Crippen LogP contribution in [0.2, 0.25) is 0 Å². The third-order valence-electron chi connectivity index (χ3n) is 3.62. The predicted octanol–water partition coefficient (Wildman–Crippen LogP) is 1.98. The third-order valence-corrected chi connectivity index (χ3v) is 4.88. The number of anilines is 1. The first kappa shape index (κ1) is 16.7. The Hall–Kier alpha value is -1.66. The SMILES string of the molecule is C=CCS(=O)(=O)NCc1ccc2c(c1)CCC(=O)N2CCC. The molecule has 5 nitrogen and oxygen atoms in total. The van der Waals surface area contributed by atoms with E-state index in [1.165, 1.54) is 6.08 Å². The molecule has 1 heterocycles. The molecule has 0 spiro atoms. The molecule has 0 saturated carbocycles. The van der Waals surface area contributed by atoms with Crippen molar-refractivity contribution in [2.45, 2.75) is 32.7 Å². The molecule has 6 heteroatoms. The lowest BCUT2D eigenvalue weighted by Gasteiger charge is -2.29. The minimum Gasteiger partial charge on any atom is -0.312 e. The molecule has 1 aliphatic heterocycles. The summed E-state index contributed by atoms with van der Waals surface area (Å²) in [6.07, 6.45) is 3.50. The van der Waals surface area contributed by atoms with Crippen molar-refractivity contribution in [2.24, 2.45) is 0 Å². The molecule has 0 aliphatic carbocycles. The molecule has 0 bridgehead atoms. The fraction of sp³-hybridized carbons (Fsp3) is 0.438. The Bertz CT molecular complexity index is 668. The summed E-state index contributed by atoms with van der Waals surface area (Å²) < 4.78 is 25.8. The van der Waals surface area contributed by atoms with Crippen molar-refractivity contribution in [3.8, 4) is 0 Å². The normalized spacial score (nSPS) is 14.8. The zero-order valence-electron chi connectivity index (χ0n) is 12.8. The van der Waals surface area contributed by atoms with Crippen molar-refractivity contribution in [3.05, 3.63) is 42.0 Å². The smallest absolute Gasteiger partial charge is 0.227 e. The van der Waals surface area contributed by atoms with Gasteiger partial charge in [-0.1, -0.05) is 25.1 Å². The summed E-state index contributed by atoms with van der Waals surface area (Å²) in [6.45, 7) is 6.46. The van der Waals surface area contributed by atoms with Gasteiger partial charge in [0.15, 0.2) is 0 Å². The summed E-state index contributed by atoms with van der Waals surface area (Å²) in [5.41, 5.74) is 2.96. The molecule has 1 N–H and O–H groups in total. The van der Waals surface area contributed by atoms with Crippen molar-refractivity contribution in [1.82, 2.24) is 4.72 Å². The zero-order valence-corrected chi connectivity index (χ0v) is 13.7. The third kappa shape index (κ3) is 3.96. The largest absolute Gasteiger partial charge is 0.312 e. The summed E-state index contributed by atoms with van der Waals surface area (Å²) >= 11 is 0. The van der Waals surface area contributed by atoms with Gasteiger partial charge < -0.3 is 4.90 Å². The van der Waals surface area contributed by atoms with E-state index < -0.39 is 10.0 Å². The van der Waals surface area contributed by atoms with Crippen LogP contribution < -0.4 is 9.62 Å². The standard InChI is InChI=1S/C16H22N2O3S/c1-3-9-18-15-7-5-13(11-14(15)6-8-16(18)19)12-17-22(20,21)10-4-2/h4-5,7,11,17H,2-3,6,8-10,12H2,1H3. The summed E-state index contributed by atoms with van der Waals surface area (Å²) in [6, 6.07) is 5.77. The first-order valence-corrected chi connectivity index (χ1v) is 9.12. The number of fused-ring (bicyclic) bond motifs is 1. The summed E-state index contributed by atoms with van der Waals surface area (Å²) in [4.78, 5) is 13.8. The van der Waals surface area contributed by atoms with Crippen LogP contribution in [0.5, 0.6) is 0 Å². The molecule has 120 valence electrons. The Morgan fingerprint density at radius 3 is 2.82 bits per heavy atom. The highest BCUT2D eigenvalue weighted by Crippen LogP contribution is 2.29. The van der Waals surface area contributed by atoms with Crippen LogP contribution in [-0.2, 0) is 27.8 Å². The Morgan fingerprint density at radius 2 is 2.14 bits per heavy atom. The maximum atomic E-state index is 12.0. The lowest BCUT2D eigenvalue weighted by atomic mass is 9.98. The Labute approximate surface area is 132 Å². The minimum atomic E-state index is -3.31. The Kier molecular flexibility index (Phi) is 5.37. The van der Waals surface area contributed by atoms with Crippen molar-refractivity contribution in [2.75, 3.05) is 17.2 Å². The van der Waals surface area contributed by atoms with E-state index in [2.05, 4.69) is 11.3 Å². The van der Waals surface area contributed by atoms with Crippen LogP contribution in [0.25, 0.3) is 0 Å². The van der Waals surface area contributed by atoms with Crippen LogP contribution in [0.1, 0.15) is 30.9 Å². The first-order valence-electron chi connectivity index (χ1n) is 7.47. The molecule has 2 rings (SSSR count). The lowest BCUT2D eigenvalue weighted by Crippen LogP contribution is -2.35. The van der Waals surface area contributed by atoms with Gasteiger partial charge in [0.2, 0.25) is 15.9 Å². The van der Waals surface area contributed by atoms with Gasteiger partial charge in [-0.15, -0.1) is 6.58 Å². The fourth-order valence-electron chi connectivity index (χ4n) is 2.60. The highest BCUT2D eigenvalue weighted by atomic mass is 32.2. The van der Waals surface area contributed by atoms with E-state index in [4.69, 9.17) is 0 Å². The molecule has 0 radical (unpaired) electrons. The maximum Gasteiger partial charge on any atom is 0.227 e. The molecule has 1 aromatic rings. The number of nitrogens with zero attached hydrogens (tertiary/aromatic N) is 1. The van der Waals surface area contributed by atoms with Gasteiger partial charge in [-0.3, -0.25) is 4.79 Å². The molecule has 0 unspecified atom stereocenters. The van der Waals surface area contributed by atoms with E-state index in [-0.39, 0.29) is 18.2 Å². The summed E-state index contributed by atoms with van der Waals surface area (Å²) in [5.74, 6) is 0.0743. The number of hydrogen-bond acceptors (Lipinski definition) is 3. The molecule has 0 atom stereocenters. The number of aryl methyl sites for hydroxylation is 1. The number of sulfonamides is 1. The van der Waals surface area contributed by atoms with Gasteiger partial charge in [0, 0.05) is 25.2 Å². The first-order chi connectivity index (χ1) is 10.5. The van der Waals surface area contributed by atoms with Gasteiger partial charge >= 0.3 is 0 Å². The molecule has 0 aromatic heterocycles. The van der Waals surface area contributed by atoms with E-state index >= 15 is 0 Å². The summed E-state index contributed by atoms with van der Waals surface area (Å²) in [7, 11) is -3.31. The molecule has 0 saturated heterocycles. The minimum absolute atomic E-state index is 0.0866. The quantitative estimate of drug-likeness (QED) is 0.781. The van der Waals surface area contributed by atoms with Crippen LogP contribution in [0.4, 0.5) is 5.69 Å². The highest BCUT2D eigenvalue weighted by molar-refractivity contribution is 7.89.